The second-order valence-electron chi connectivity index (χ2n) is 7.15. The molecule has 0 aliphatic carbocycles. The molecule has 1 unspecified atom stereocenters. The van der Waals surface area contributed by atoms with Crippen LogP contribution in [0, 0.1) is 12.8 Å². The predicted molar refractivity (Wildman–Crippen MR) is 93.5 cm³/mol. The number of hydrogen-bond acceptors (Lipinski definition) is 5. The fraction of sp³-hybridized carbons (Fsp3) is 0.667. The number of piperidine rings is 1. The molecule has 1 atom stereocenters. The van der Waals surface area contributed by atoms with Crippen LogP contribution in [0.4, 0.5) is 5.82 Å². The number of carbonyl (C=O) groups is 2. The minimum atomic E-state index is -0.866. The van der Waals surface area contributed by atoms with E-state index in [0.717, 1.165) is 30.2 Å². The van der Waals surface area contributed by atoms with E-state index < -0.39 is 17.4 Å². The maximum atomic E-state index is 12.1. The van der Waals surface area contributed by atoms with E-state index in [1.54, 1.807) is 11.9 Å². The molecule has 1 aromatic heterocycles. The van der Waals surface area contributed by atoms with Crippen LogP contribution in [-0.4, -0.2) is 57.5 Å². The molecular weight excluding hydrogens is 320 g/mol. The number of likely N-dealkylation sites (tertiary alicyclic amines) is 1. The van der Waals surface area contributed by atoms with Crippen LogP contribution in [-0.2, 0) is 16.0 Å². The maximum Gasteiger partial charge on any atom is 0.309 e. The molecule has 2 aliphatic rings. The minimum absolute atomic E-state index is 0.0658. The molecule has 1 aromatic rings. The summed E-state index contributed by atoms with van der Waals surface area (Å²) in [6, 6.07) is 2.03. The number of hydrogen-bond donors (Lipinski definition) is 1. The molecule has 0 radical (unpaired) electrons. The molecule has 2 fully saturated rings. The van der Waals surface area contributed by atoms with Crippen LogP contribution in [0.15, 0.2) is 6.07 Å². The summed E-state index contributed by atoms with van der Waals surface area (Å²) in [6.45, 7) is 5.42. The summed E-state index contributed by atoms with van der Waals surface area (Å²) in [6.07, 6.45) is 3.37. The third kappa shape index (κ3) is 3.07. The molecule has 2 saturated heterocycles. The molecular formula is C18H26N4O3. The van der Waals surface area contributed by atoms with Crippen molar-refractivity contribution in [3.05, 3.63) is 17.6 Å². The number of aromatic nitrogens is 2. The van der Waals surface area contributed by atoms with E-state index in [-0.39, 0.29) is 12.3 Å². The second-order valence-corrected chi connectivity index (χ2v) is 7.15. The molecule has 25 heavy (non-hydrogen) atoms. The van der Waals surface area contributed by atoms with E-state index in [9.17, 15) is 14.7 Å². The van der Waals surface area contributed by atoms with Gasteiger partial charge in [0.05, 0.1) is 11.5 Å². The molecule has 1 amide bonds. The monoisotopic (exact) mass is 346 g/mol. The number of carboxylic acids is 1. The lowest BCUT2D eigenvalue weighted by Gasteiger charge is -2.45. The Labute approximate surface area is 148 Å². The average molecular weight is 346 g/mol. The first-order valence-corrected chi connectivity index (χ1v) is 8.96. The summed E-state index contributed by atoms with van der Waals surface area (Å²) in [4.78, 5) is 36.7. The van der Waals surface area contributed by atoms with Crippen molar-refractivity contribution in [2.45, 2.75) is 51.5 Å². The number of aliphatic carboxylic acids is 1. The van der Waals surface area contributed by atoms with Gasteiger partial charge in [-0.15, -0.1) is 0 Å². The van der Waals surface area contributed by atoms with Gasteiger partial charge in [0.25, 0.3) is 0 Å². The standard InChI is InChI=1S/C18H26N4O3/c1-4-5-13-10-15(20-12(2)19-13)22-8-6-18(7-9-22)14(17(24)25)11-16(23)21(18)3/h10,14H,4-9,11H2,1-3H3,(H,24,25). The smallest absolute Gasteiger partial charge is 0.309 e. The summed E-state index contributed by atoms with van der Waals surface area (Å²) in [5.74, 6) is 0.121. The van der Waals surface area contributed by atoms with Gasteiger partial charge in [0.1, 0.15) is 11.6 Å². The van der Waals surface area contributed by atoms with E-state index >= 15 is 0 Å². The number of anilines is 1. The molecule has 3 heterocycles. The van der Waals surface area contributed by atoms with E-state index in [0.29, 0.717) is 25.9 Å². The molecule has 3 rings (SSSR count). The topological polar surface area (TPSA) is 86.6 Å². The van der Waals surface area contributed by atoms with Crippen LogP contribution in [0.25, 0.3) is 0 Å². The number of carboxylic acid groups (broad SMARTS) is 1. The molecule has 0 saturated carbocycles. The van der Waals surface area contributed by atoms with E-state index in [2.05, 4.69) is 21.8 Å². The van der Waals surface area contributed by atoms with Gasteiger partial charge in [0, 0.05) is 38.3 Å². The molecule has 1 N–H and O–H groups in total. The Morgan fingerprint density at radius 2 is 2.04 bits per heavy atom. The predicted octanol–water partition coefficient (Wildman–Crippen LogP) is 1.64. The first-order valence-electron chi connectivity index (χ1n) is 8.96. The Morgan fingerprint density at radius 3 is 2.64 bits per heavy atom. The highest BCUT2D eigenvalue weighted by Gasteiger charge is 2.55. The zero-order valence-corrected chi connectivity index (χ0v) is 15.2. The van der Waals surface area contributed by atoms with Gasteiger partial charge in [0.2, 0.25) is 5.91 Å². The van der Waals surface area contributed by atoms with Gasteiger partial charge in [0.15, 0.2) is 0 Å². The van der Waals surface area contributed by atoms with Gasteiger partial charge in [-0.1, -0.05) is 13.3 Å². The van der Waals surface area contributed by atoms with Gasteiger partial charge < -0.3 is 14.9 Å². The zero-order chi connectivity index (χ0) is 18.2. The number of aryl methyl sites for hydroxylation is 2. The van der Waals surface area contributed by atoms with Crippen molar-refractivity contribution < 1.29 is 14.7 Å². The highest BCUT2D eigenvalue weighted by atomic mass is 16.4. The number of rotatable bonds is 4. The zero-order valence-electron chi connectivity index (χ0n) is 15.2. The van der Waals surface area contributed by atoms with Crippen molar-refractivity contribution in [1.29, 1.82) is 0 Å². The Kier molecular flexibility index (Phi) is 4.67. The van der Waals surface area contributed by atoms with Crippen molar-refractivity contribution in [1.82, 2.24) is 14.9 Å². The van der Waals surface area contributed by atoms with Gasteiger partial charge in [-0.05, 0) is 26.2 Å². The van der Waals surface area contributed by atoms with Crippen LogP contribution in [0.2, 0.25) is 0 Å². The number of nitrogens with zero attached hydrogens (tertiary/aromatic N) is 4. The van der Waals surface area contributed by atoms with E-state index in [1.807, 2.05) is 13.0 Å². The SMILES string of the molecule is CCCc1cc(N2CCC3(CC2)C(C(=O)O)CC(=O)N3C)nc(C)n1. The fourth-order valence-electron chi connectivity index (χ4n) is 4.27. The van der Waals surface area contributed by atoms with Crippen molar-refractivity contribution >= 4 is 17.7 Å². The summed E-state index contributed by atoms with van der Waals surface area (Å²) in [7, 11) is 1.75. The normalized spacial score (nSPS) is 22.7. The number of carbonyl (C=O) groups excluding carboxylic acids is 1. The van der Waals surface area contributed by atoms with E-state index in [1.165, 1.54) is 0 Å². The fourth-order valence-corrected chi connectivity index (χ4v) is 4.27. The molecule has 0 bridgehead atoms. The number of amides is 1. The molecule has 7 nitrogen and oxygen atoms in total. The summed E-state index contributed by atoms with van der Waals surface area (Å²) in [5.41, 5.74) is 0.482. The molecule has 7 heteroatoms. The van der Waals surface area contributed by atoms with Crippen molar-refractivity contribution in [2.24, 2.45) is 5.92 Å². The molecule has 0 aromatic carbocycles. The quantitative estimate of drug-likeness (QED) is 0.892. The van der Waals surface area contributed by atoms with Gasteiger partial charge >= 0.3 is 5.97 Å². The largest absolute Gasteiger partial charge is 0.481 e. The minimum Gasteiger partial charge on any atom is -0.481 e. The maximum absolute atomic E-state index is 12.1. The lowest BCUT2D eigenvalue weighted by molar-refractivity contribution is -0.145. The van der Waals surface area contributed by atoms with Crippen molar-refractivity contribution in [2.75, 3.05) is 25.0 Å². The van der Waals surface area contributed by atoms with Crippen molar-refractivity contribution in [3.8, 4) is 0 Å². The summed E-state index contributed by atoms with van der Waals surface area (Å²) >= 11 is 0. The third-order valence-electron chi connectivity index (χ3n) is 5.70. The van der Waals surface area contributed by atoms with Crippen LogP contribution >= 0.6 is 0 Å². The lowest BCUT2D eigenvalue weighted by atomic mass is 9.77. The van der Waals surface area contributed by atoms with Crippen LogP contribution in [0.1, 0.15) is 44.1 Å². The van der Waals surface area contributed by atoms with Crippen LogP contribution < -0.4 is 4.90 Å². The molecule has 2 aliphatic heterocycles. The first kappa shape index (κ1) is 17.6. The Hall–Kier alpha value is -2.18. The highest BCUT2D eigenvalue weighted by Crippen LogP contribution is 2.43. The molecule has 1 spiro atoms. The summed E-state index contributed by atoms with van der Waals surface area (Å²) in [5, 5.41) is 9.57. The summed E-state index contributed by atoms with van der Waals surface area (Å²) < 4.78 is 0. The van der Waals surface area contributed by atoms with Crippen molar-refractivity contribution in [3.63, 3.8) is 0 Å². The first-order chi connectivity index (χ1) is 11.9. The van der Waals surface area contributed by atoms with Crippen LogP contribution in [0.3, 0.4) is 0 Å². The van der Waals surface area contributed by atoms with E-state index in [4.69, 9.17) is 0 Å². The Bertz CT molecular complexity index is 683. The highest BCUT2D eigenvalue weighted by molar-refractivity contribution is 5.88. The Morgan fingerprint density at radius 1 is 1.36 bits per heavy atom. The van der Waals surface area contributed by atoms with Gasteiger partial charge in [-0.3, -0.25) is 9.59 Å². The average Bonchev–Trinajstić information content (AvgIpc) is 2.81. The Balaban J connectivity index is 1.79. The lowest BCUT2D eigenvalue weighted by Crippen LogP contribution is -2.56. The molecule has 136 valence electrons. The van der Waals surface area contributed by atoms with Gasteiger partial charge in [-0.2, -0.15) is 0 Å². The van der Waals surface area contributed by atoms with Crippen LogP contribution in [0.5, 0.6) is 0 Å². The van der Waals surface area contributed by atoms with Gasteiger partial charge in [-0.25, -0.2) is 9.97 Å². The second kappa shape index (κ2) is 6.61. The third-order valence-corrected chi connectivity index (χ3v) is 5.70.